The molecule has 1 aromatic carbocycles. The third-order valence-corrected chi connectivity index (χ3v) is 5.37. The number of imidazole rings is 1. The molecule has 0 spiro atoms. The minimum atomic E-state index is -0.775. The first-order valence-electron chi connectivity index (χ1n) is 9.95. The average Bonchev–Trinajstić information content (AvgIpc) is 3.39. The molecule has 3 aromatic rings. The summed E-state index contributed by atoms with van der Waals surface area (Å²) in [5.41, 5.74) is 0.836. The summed E-state index contributed by atoms with van der Waals surface area (Å²) >= 11 is 0. The second kappa shape index (κ2) is 8.48. The van der Waals surface area contributed by atoms with Crippen molar-refractivity contribution < 1.29 is 5.11 Å². The fourth-order valence-electron chi connectivity index (χ4n) is 3.90. The van der Waals surface area contributed by atoms with Crippen LogP contribution in [0.2, 0.25) is 0 Å². The Hall–Kier alpha value is -2.47. The summed E-state index contributed by atoms with van der Waals surface area (Å²) in [5, 5.41) is 15.5. The lowest BCUT2D eigenvalue weighted by Crippen LogP contribution is -2.17. The van der Waals surface area contributed by atoms with Gasteiger partial charge in [0.05, 0.1) is 12.4 Å². The average molecular weight is 365 g/mol. The van der Waals surface area contributed by atoms with E-state index in [4.69, 9.17) is 10.1 Å². The number of aryl methyl sites for hydroxylation is 2. The molecule has 1 atom stereocenters. The van der Waals surface area contributed by atoms with Gasteiger partial charge in [-0.1, -0.05) is 49.6 Å². The lowest BCUT2D eigenvalue weighted by molar-refractivity contribution is 0.208. The molecule has 1 aliphatic rings. The van der Waals surface area contributed by atoms with Gasteiger partial charge in [-0.05, 0) is 24.8 Å². The van der Waals surface area contributed by atoms with Crippen LogP contribution >= 0.6 is 0 Å². The minimum Gasteiger partial charge on any atom is -0.380 e. The quantitative estimate of drug-likeness (QED) is 0.693. The molecular formula is C21H27N5O. The molecule has 1 saturated carbocycles. The summed E-state index contributed by atoms with van der Waals surface area (Å²) in [6, 6.07) is 10.1. The van der Waals surface area contributed by atoms with Crippen LogP contribution in [0.1, 0.15) is 67.9 Å². The van der Waals surface area contributed by atoms with Crippen LogP contribution in [0.4, 0.5) is 0 Å². The first-order chi connectivity index (χ1) is 13.3. The highest BCUT2D eigenvalue weighted by Crippen LogP contribution is 2.30. The van der Waals surface area contributed by atoms with E-state index in [-0.39, 0.29) is 0 Å². The molecule has 142 valence electrons. The molecule has 0 aliphatic heterocycles. The third-order valence-electron chi connectivity index (χ3n) is 5.37. The van der Waals surface area contributed by atoms with Crippen LogP contribution in [0.5, 0.6) is 0 Å². The van der Waals surface area contributed by atoms with Gasteiger partial charge < -0.3 is 9.67 Å². The Balaban J connectivity index is 1.54. The molecule has 2 heterocycles. The van der Waals surface area contributed by atoms with Crippen LogP contribution < -0.4 is 0 Å². The zero-order valence-electron chi connectivity index (χ0n) is 15.6. The first kappa shape index (κ1) is 17.9. The highest BCUT2D eigenvalue weighted by Gasteiger charge is 2.24. The number of aliphatic hydroxyl groups is 1. The van der Waals surface area contributed by atoms with E-state index in [2.05, 4.69) is 14.2 Å². The third kappa shape index (κ3) is 4.27. The van der Waals surface area contributed by atoms with E-state index in [0.717, 1.165) is 43.6 Å². The Kier molecular flexibility index (Phi) is 5.63. The van der Waals surface area contributed by atoms with Crippen LogP contribution in [0, 0.1) is 0 Å². The van der Waals surface area contributed by atoms with Crippen LogP contribution in [-0.2, 0) is 13.0 Å². The van der Waals surface area contributed by atoms with Crippen molar-refractivity contribution in [3.8, 4) is 0 Å². The molecule has 0 bridgehead atoms. The Morgan fingerprint density at radius 2 is 1.93 bits per heavy atom. The fourth-order valence-corrected chi connectivity index (χ4v) is 3.90. The van der Waals surface area contributed by atoms with Gasteiger partial charge in [0.15, 0.2) is 5.82 Å². The summed E-state index contributed by atoms with van der Waals surface area (Å²) in [7, 11) is 0. The number of hydrogen-bond donors (Lipinski definition) is 1. The second-order valence-electron chi connectivity index (χ2n) is 7.34. The van der Waals surface area contributed by atoms with E-state index in [0.29, 0.717) is 11.9 Å². The molecule has 6 heteroatoms. The van der Waals surface area contributed by atoms with Crippen LogP contribution in [0.3, 0.4) is 0 Å². The van der Waals surface area contributed by atoms with Gasteiger partial charge in [-0.15, -0.1) is 0 Å². The van der Waals surface area contributed by atoms with Crippen molar-refractivity contribution in [1.29, 1.82) is 0 Å². The Bertz CT molecular complexity index is 822. The van der Waals surface area contributed by atoms with Gasteiger partial charge in [-0.25, -0.2) is 14.6 Å². The normalized spacial score (nSPS) is 16.5. The van der Waals surface area contributed by atoms with Gasteiger partial charge in [-0.2, -0.15) is 5.10 Å². The van der Waals surface area contributed by atoms with E-state index < -0.39 is 6.10 Å². The van der Waals surface area contributed by atoms with Gasteiger partial charge in [0.25, 0.3) is 0 Å². The molecule has 0 radical (unpaired) electrons. The molecule has 0 saturated heterocycles. The highest BCUT2D eigenvalue weighted by atomic mass is 16.3. The fraction of sp³-hybridized carbons (Fsp3) is 0.476. The summed E-state index contributed by atoms with van der Waals surface area (Å²) in [5.74, 6) is 1.51. The summed E-state index contributed by atoms with van der Waals surface area (Å²) in [6.45, 7) is 0.911. The molecule has 1 aliphatic carbocycles. The smallest absolute Gasteiger partial charge is 0.183 e. The lowest BCUT2D eigenvalue weighted by Gasteiger charge is -2.23. The van der Waals surface area contributed by atoms with E-state index in [9.17, 15) is 5.11 Å². The van der Waals surface area contributed by atoms with Crippen molar-refractivity contribution >= 4 is 0 Å². The Morgan fingerprint density at radius 3 is 2.67 bits per heavy atom. The SMILES string of the molecule is OC(c1ccccc1)c1nc(CCCn2ccnc2)n(C2CCCCC2)n1. The maximum atomic E-state index is 10.8. The number of hydrogen-bond acceptors (Lipinski definition) is 4. The molecule has 2 aromatic heterocycles. The molecule has 1 fully saturated rings. The predicted molar refractivity (Wildman–Crippen MR) is 103 cm³/mol. The Morgan fingerprint density at radius 1 is 1.11 bits per heavy atom. The van der Waals surface area contributed by atoms with E-state index >= 15 is 0 Å². The monoisotopic (exact) mass is 365 g/mol. The Labute approximate surface area is 159 Å². The van der Waals surface area contributed by atoms with Crippen molar-refractivity contribution in [2.45, 2.75) is 63.6 Å². The topological polar surface area (TPSA) is 68.8 Å². The molecule has 0 amide bonds. The first-order valence-corrected chi connectivity index (χ1v) is 9.95. The van der Waals surface area contributed by atoms with Crippen LogP contribution in [0.25, 0.3) is 0 Å². The van der Waals surface area contributed by atoms with Crippen molar-refractivity contribution in [1.82, 2.24) is 24.3 Å². The number of benzene rings is 1. The van der Waals surface area contributed by atoms with Crippen LogP contribution in [0.15, 0.2) is 49.1 Å². The standard InChI is InChI=1S/C21H27N5O/c27-20(17-8-3-1-4-9-17)21-23-19(12-7-14-25-15-13-22-16-25)26(24-21)18-10-5-2-6-11-18/h1,3-4,8-9,13,15-16,18,20,27H,2,5-7,10-12,14H2. The summed E-state index contributed by atoms with van der Waals surface area (Å²) in [6.07, 6.45) is 12.8. The van der Waals surface area contributed by atoms with Gasteiger partial charge >= 0.3 is 0 Å². The zero-order valence-corrected chi connectivity index (χ0v) is 15.6. The minimum absolute atomic E-state index is 0.409. The van der Waals surface area contributed by atoms with Gasteiger partial charge in [0.2, 0.25) is 0 Å². The zero-order chi connectivity index (χ0) is 18.5. The number of aromatic nitrogens is 5. The molecular weight excluding hydrogens is 338 g/mol. The van der Waals surface area contributed by atoms with Crippen LogP contribution in [-0.4, -0.2) is 29.4 Å². The molecule has 6 nitrogen and oxygen atoms in total. The van der Waals surface area contributed by atoms with Gasteiger partial charge in [0.1, 0.15) is 11.9 Å². The van der Waals surface area contributed by atoms with Crippen molar-refractivity contribution in [3.63, 3.8) is 0 Å². The van der Waals surface area contributed by atoms with E-state index in [1.807, 2.05) is 42.9 Å². The lowest BCUT2D eigenvalue weighted by atomic mass is 9.95. The molecule has 1 unspecified atom stereocenters. The predicted octanol–water partition coefficient (Wildman–Crippen LogP) is 3.69. The number of nitrogens with zero attached hydrogens (tertiary/aromatic N) is 5. The summed E-state index contributed by atoms with van der Waals surface area (Å²) in [4.78, 5) is 8.85. The van der Waals surface area contributed by atoms with Gasteiger partial charge in [0, 0.05) is 25.4 Å². The van der Waals surface area contributed by atoms with Crippen molar-refractivity contribution in [3.05, 3.63) is 66.3 Å². The molecule has 4 rings (SSSR count). The number of aliphatic hydroxyl groups excluding tert-OH is 1. The summed E-state index contributed by atoms with van der Waals surface area (Å²) < 4.78 is 4.19. The van der Waals surface area contributed by atoms with Gasteiger partial charge in [-0.3, -0.25) is 0 Å². The molecule has 27 heavy (non-hydrogen) atoms. The van der Waals surface area contributed by atoms with Crippen molar-refractivity contribution in [2.75, 3.05) is 0 Å². The highest BCUT2D eigenvalue weighted by molar-refractivity contribution is 5.22. The van der Waals surface area contributed by atoms with Crippen molar-refractivity contribution in [2.24, 2.45) is 0 Å². The van der Waals surface area contributed by atoms with E-state index in [1.165, 1.54) is 19.3 Å². The number of rotatable bonds is 7. The maximum Gasteiger partial charge on any atom is 0.183 e. The largest absolute Gasteiger partial charge is 0.380 e. The maximum absolute atomic E-state index is 10.8. The second-order valence-corrected chi connectivity index (χ2v) is 7.34. The molecule has 1 N–H and O–H groups in total. The van der Waals surface area contributed by atoms with E-state index in [1.54, 1.807) is 6.20 Å².